The SMILES string of the molecule is [2H]CCCN(C(=O)OCC1c2ccccc2-c2ccccc21)[C@@H](CC(C)C)C(=O)O. The molecular weight excluding hydrogens is 366 g/mol. The number of nitrogens with zero attached hydrogens (tertiary/aromatic N) is 1. The van der Waals surface area contributed by atoms with Gasteiger partial charge in [0, 0.05) is 13.8 Å². The molecule has 1 N–H and O–H groups in total. The molecule has 5 heteroatoms. The number of hydrogen-bond acceptors (Lipinski definition) is 3. The summed E-state index contributed by atoms with van der Waals surface area (Å²) in [5.41, 5.74) is 4.51. The van der Waals surface area contributed by atoms with Gasteiger partial charge in [-0.1, -0.05) is 69.3 Å². The second-order valence-corrected chi connectivity index (χ2v) is 7.83. The second kappa shape index (κ2) is 9.12. The van der Waals surface area contributed by atoms with Crippen LogP contribution in [-0.4, -0.2) is 41.3 Å². The zero-order valence-corrected chi connectivity index (χ0v) is 17.0. The Morgan fingerprint density at radius 2 is 1.69 bits per heavy atom. The maximum atomic E-state index is 12.9. The summed E-state index contributed by atoms with van der Waals surface area (Å²) in [4.78, 5) is 26.1. The van der Waals surface area contributed by atoms with Gasteiger partial charge in [-0.3, -0.25) is 4.90 Å². The Morgan fingerprint density at radius 3 is 2.21 bits per heavy atom. The van der Waals surface area contributed by atoms with E-state index >= 15 is 0 Å². The zero-order valence-electron chi connectivity index (χ0n) is 18.0. The number of rotatable bonds is 8. The fourth-order valence-electron chi connectivity index (χ4n) is 4.03. The number of hydrogen-bond donors (Lipinski definition) is 1. The predicted octanol–water partition coefficient (Wildman–Crippen LogP) is 5.15. The van der Waals surface area contributed by atoms with E-state index < -0.39 is 18.1 Å². The van der Waals surface area contributed by atoms with Crippen molar-refractivity contribution in [1.29, 1.82) is 0 Å². The van der Waals surface area contributed by atoms with E-state index in [1.54, 1.807) is 0 Å². The number of carboxylic acid groups (broad SMARTS) is 1. The fraction of sp³-hybridized carbons (Fsp3) is 0.417. The highest BCUT2D eigenvalue weighted by molar-refractivity contribution is 5.81. The Hall–Kier alpha value is -2.82. The minimum Gasteiger partial charge on any atom is -0.480 e. The summed E-state index contributed by atoms with van der Waals surface area (Å²) in [6.07, 6.45) is 0.127. The normalized spacial score (nSPS) is 14.1. The van der Waals surface area contributed by atoms with Crippen molar-refractivity contribution in [3.8, 4) is 11.1 Å². The molecule has 0 heterocycles. The van der Waals surface area contributed by atoms with Gasteiger partial charge in [0.2, 0.25) is 0 Å². The summed E-state index contributed by atoms with van der Waals surface area (Å²) >= 11 is 0. The highest BCUT2D eigenvalue weighted by Gasteiger charge is 2.33. The minimum atomic E-state index is -1.04. The second-order valence-electron chi connectivity index (χ2n) is 7.83. The van der Waals surface area contributed by atoms with Crippen LogP contribution in [0.1, 0.15) is 52.0 Å². The van der Waals surface area contributed by atoms with Gasteiger partial charge >= 0.3 is 12.1 Å². The van der Waals surface area contributed by atoms with Crippen LogP contribution in [0.25, 0.3) is 11.1 Å². The standard InChI is InChI=1S/C24H29NO4/c1-4-13-25(22(23(26)27)14-16(2)3)24(28)29-15-21-19-11-7-5-9-17(19)18-10-6-8-12-20(18)21/h5-12,16,21-22H,4,13-15H2,1-3H3,(H,26,27)/t22-/m0/s1/i1D. The zero-order chi connectivity index (χ0) is 21.7. The molecule has 0 spiro atoms. The molecule has 0 saturated carbocycles. The first-order valence-corrected chi connectivity index (χ1v) is 10.1. The molecule has 5 nitrogen and oxygen atoms in total. The number of carboxylic acids is 1. The number of fused-ring (bicyclic) bond motifs is 3. The Kier molecular flexibility index (Phi) is 6.13. The average Bonchev–Trinajstić information content (AvgIpc) is 3.05. The van der Waals surface area contributed by atoms with Crippen molar-refractivity contribution in [2.75, 3.05) is 13.2 Å². The number of benzene rings is 2. The molecule has 1 aliphatic rings. The third kappa shape index (κ3) is 4.44. The Morgan fingerprint density at radius 1 is 1.10 bits per heavy atom. The van der Waals surface area contributed by atoms with E-state index in [9.17, 15) is 14.7 Å². The molecule has 0 unspecified atom stereocenters. The van der Waals surface area contributed by atoms with Crippen molar-refractivity contribution in [2.45, 2.75) is 45.5 Å². The molecule has 29 heavy (non-hydrogen) atoms. The number of carbonyl (C=O) groups excluding carboxylic acids is 1. The van der Waals surface area contributed by atoms with Crippen LogP contribution < -0.4 is 0 Å². The van der Waals surface area contributed by atoms with E-state index in [-0.39, 0.29) is 31.9 Å². The minimum absolute atomic E-state index is 0.0762. The van der Waals surface area contributed by atoms with Gasteiger partial charge < -0.3 is 9.84 Å². The third-order valence-corrected chi connectivity index (χ3v) is 5.33. The van der Waals surface area contributed by atoms with Crippen molar-refractivity contribution in [1.82, 2.24) is 4.90 Å². The molecule has 0 saturated heterocycles. The van der Waals surface area contributed by atoms with Crippen LogP contribution >= 0.6 is 0 Å². The van der Waals surface area contributed by atoms with Crippen molar-refractivity contribution < 1.29 is 20.8 Å². The largest absolute Gasteiger partial charge is 0.480 e. The Bertz CT molecular complexity index is 853. The van der Waals surface area contributed by atoms with E-state index in [4.69, 9.17) is 6.11 Å². The van der Waals surface area contributed by atoms with E-state index in [0.29, 0.717) is 12.8 Å². The summed E-state index contributed by atoms with van der Waals surface area (Å²) in [6.45, 7) is 4.33. The fourth-order valence-corrected chi connectivity index (χ4v) is 4.03. The topological polar surface area (TPSA) is 66.8 Å². The molecule has 0 bridgehead atoms. The number of amides is 1. The van der Waals surface area contributed by atoms with Gasteiger partial charge in [-0.25, -0.2) is 9.59 Å². The quantitative estimate of drug-likeness (QED) is 0.670. The van der Waals surface area contributed by atoms with E-state index in [0.717, 1.165) is 22.3 Å². The lowest BCUT2D eigenvalue weighted by molar-refractivity contribution is -0.143. The molecule has 0 aromatic heterocycles. The van der Waals surface area contributed by atoms with Crippen LogP contribution in [0.15, 0.2) is 48.5 Å². The van der Waals surface area contributed by atoms with E-state index in [1.807, 2.05) is 50.2 Å². The first-order valence-electron chi connectivity index (χ1n) is 10.8. The lowest BCUT2D eigenvalue weighted by Crippen LogP contribution is -2.46. The number of aliphatic carboxylic acids is 1. The maximum absolute atomic E-state index is 12.9. The molecule has 1 aliphatic carbocycles. The van der Waals surface area contributed by atoms with Crippen LogP contribution in [0.4, 0.5) is 4.79 Å². The van der Waals surface area contributed by atoms with Gasteiger partial charge in [0.25, 0.3) is 0 Å². The molecule has 2 aromatic carbocycles. The number of carbonyl (C=O) groups is 2. The first kappa shape index (κ1) is 19.5. The molecular formula is C24H29NO4. The molecule has 0 aliphatic heterocycles. The molecule has 2 aromatic rings. The van der Waals surface area contributed by atoms with Crippen molar-refractivity contribution >= 4 is 12.1 Å². The van der Waals surface area contributed by atoms with Gasteiger partial charge in [0.05, 0.1) is 0 Å². The van der Waals surface area contributed by atoms with E-state index in [1.165, 1.54) is 4.90 Å². The van der Waals surface area contributed by atoms with Crippen LogP contribution in [-0.2, 0) is 9.53 Å². The van der Waals surface area contributed by atoms with Crippen molar-refractivity contribution in [3.63, 3.8) is 0 Å². The van der Waals surface area contributed by atoms with Gasteiger partial charge in [-0.05, 0) is 41.0 Å². The molecule has 154 valence electrons. The Labute approximate surface area is 173 Å². The molecule has 1 atom stereocenters. The smallest absolute Gasteiger partial charge is 0.410 e. The Balaban J connectivity index is 1.79. The van der Waals surface area contributed by atoms with Crippen molar-refractivity contribution in [3.05, 3.63) is 59.7 Å². The predicted molar refractivity (Wildman–Crippen MR) is 113 cm³/mol. The van der Waals surface area contributed by atoms with Crippen molar-refractivity contribution in [2.24, 2.45) is 5.92 Å². The molecule has 0 fully saturated rings. The van der Waals surface area contributed by atoms with Gasteiger partial charge in [0.15, 0.2) is 0 Å². The van der Waals surface area contributed by atoms with Crippen LogP contribution in [0, 0.1) is 5.92 Å². The molecule has 3 rings (SSSR count). The van der Waals surface area contributed by atoms with E-state index in [2.05, 4.69) is 12.1 Å². The van der Waals surface area contributed by atoms with Crippen LogP contribution in [0.2, 0.25) is 0 Å². The first-order chi connectivity index (χ1) is 14.4. The van der Waals surface area contributed by atoms with Gasteiger partial charge in [-0.15, -0.1) is 0 Å². The highest BCUT2D eigenvalue weighted by atomic mass is 16.6. The average molecular weight is 397 g/mol. The highest BCUT2D eigenvalue weighted by Crippen LogP contribution is 2.44. The summed E-state index contributed by atoms with van der Waals surface area (Å²) in [7, 11) is 0. The summed E-state index contributed by atoms with van der Waals surface area (Å²) < 4.78 is 13.1. The van der Waals surface area contributed by atoms with Gasteiger partial charge in [0.1, 0.15) is 12.6 Å². The maximum Gasteiger partial charge on any atom is 0.410 e. The lowest BCUT2D eigenvalue weighted by atomic mass is 9.98. The monoisotopic (exact) mass is 396 g/mol. The number of ether oxygens (including phenoxy) is 1. The molecule has 1 amide bonds. The summed E-state index contributed by atoms with van der Waals surface area (Å²) in [6, 6.07) is 15.2. The molecule has 0 radical (unpaired) electrons. The van der Waals surface area contributed by atoms with Crippen LogP contribution in [0.3, 0.4) is 0 Å². The third-order valence-electron chi connectivity index (χ3n) is 5.33. The van der Waals surface area contributed by atoms with Gasteiger partial charge in [-0.2, -0.15) is 0 Å². The summed E-state index contributed by atoms with van der Waals surface area (Å²) in [5, 5.41) is 9.68. The summed E-state index contributed by atoms with van der Waals surface area (Å²) in [5.74, 6) is -0.999. The van der Waals surface area contributed by atoms with Crippen LogP contribution in [0.5, 0.6) is 0 Å². The lowest BCUT2D eigenvalue weighted by Gasteiger charge is -2.29.